The van der Waals surface area contributed by atoms with Crippen LogP contribution < -0.4 is 0 Å². The predicted octanol–water partition coefficient (Wildman–Crippen LogP) is 2.10. The van der Waals surface area contributed by atoms with Crippen LogP contribution in [0, 0.1) is 0 Å². The number of hydrogen-bond acceptors (Lipinski definition) is 2. The van der Waals surface area contributed by atoms with Gasteiger partial charge in [0, 0.05) is 0 Å². The molecule has 1 heterocycles. The van der Waals surface area contributed by atoms with E-state index >= 15 is 0 Å². The zero-order chi connectivity index (χ0) is 8.70. The second kappa shape index (κ2) is 2.32. The summed E-state index contributed by atoms with van der Waals surface area (Å²) in [6.45, 7) is 11.5. The summed E-state index contributed by atoms with van der Waals surface area (Å²) in [6.07, 6.45) is 1.88. The molecule has 1 unspecified atom stereocenters. The number of ether oxygens (including phenoxy) is 2. The van der Waals surface area contributed by atoms with Gasteiger partial charge in [0.25, 0.3) is 0 Å². The zero-order valence-corrected chi connectivity index (χ0v) is 7.68. The van der Waals surface area contributed by atoms with Crippen LogP contribution in [0.2, 0.25) is 0 Å². The lowest BCUT2D eigenvalue weighted by molar-refractivity contribution is -0.152. The first-order valence-corrected chi connectivity index (χ1v) is 3.91. The van der Waals surface area contributed by atoms with Crippen molar-refractivity contribution >= 4 is 0 Å². The van der Waals surface area contributed by atoms with Crippen LogP contribution >= 0.6 is 0 Å². The monoisotopic (exact) mass is 156 g/mol. The van der Waals surface area contributed by atoms with E-state index in [0.717, 1.165) is 0 Å². The summed E-state index contributed by atoms with van der Waals surface area (Å²) in [4.78, 5) is 0. The second-order valence-electron chi connectivity index (χ2n) is 3.65. The average molecular weight is 156 g/mol. The van der Waals surface area contributed by atoms with Crippen molar-refractivity contribution in [1.82, 2.24) is 0 Å². The van der Waals surface area contributed by atoms with Gasteiger partial charge in [-0.05, 0) is 27.7 Å². The fourth-order valence-corrected chi connectivity index (χ4v) is 1.39. The molecule has 1 aliphatic rings. The Hall–Kier alpha value is -0.340. The zero-order valence-electron chi connectivity index (χ0n) is 7.68. The molecule has 0 bridgehead atoms. The van der Waals surface area contributed by atoms with Gasteiger partial charge in [0.2, 0.25) is 0 Å². The van der Waals surface area contributed by atoms with E-state index in [4.69, 9.17) is 9.47 Å². The summed E-state index contributed by atoms with van der Waals surface area (Å²) in [5.41, 5.74) is -0.330. The number of hydrogen-bond donors (Lipinski definition) is 0. The van der Waals surface area contributed by atoms with Crippen molar-refractivity contribution in [2.45, 2.75) is 45.2 Å². The first kappa shape index (κ1) is 8.75. The van der Waals surface area contributed by atoms with Crippen molar-refractivity contribution < 1.29 is 9.47 Å². The molecule has 1 saturated heterocycles. The van der Waals surface area contributed by atoms with Gasteiger partial charge in [-0.2, -0.15) is 0 Å². The van der Waals surface area contributed by atoms with E-state index in [0.29, 0.717) is 0 Å². The van der Waals surface area contributed by atoms with Crippen LogP contribution in [-0.4, -0.2) is 17.5 Å². The molecule has 11 heavy (non-hydrogen) atoms. The smallest absolute Gasteiger partial charge is 0.164 e. The summed E-state index contributed by atoms with van der Waals surface area (Å²) in [5.74, 6) is -0.470. The molecular formula is C9H16O2. The van der Waals surface area contributed by atoms with Crippen molar-refractivity contribution in [2.24, 2.45) is 0 Å². The molecular weight excluding hydrogens is 140 g/mol. The van der Waals surface area contributed by atoms with Crippen molar-refractivity contribution in [2.75, 3.05) is 0 Å². The fraction of sp³-hybridized carbons (Fsp3) is 0.778. The molecule has 2 nitrogen and oxygen atoms in total. The molecule has 0 aromatic heterocycles. The van der Waals surface area contributed by atoms with Gasteiger partial charge in [-0.1, -0.05) is 6.08 Å². The minimum atomic E-state index is -0.470. The molecule has 2 heteroatoms. The average Bonchev–Trinajstić information content (AvgIpc) is 2.03. The summed E-state index contributed by atoms with van der Waals surface area (Å²) in [5, 5.41) is 0. The highest BCUT2D eigenvalue weighted by molar-refractivity contribution is 5.03. The van der Waals surface area contributed by atoms with Gasteiger partial charge < -0.3 is 9.47 Å². The summed E-state index contributed by atoms with van der Waals surface area (Å²) >= 11 is 0. The van der Waals surface area contributed by atoms with Gasteiger partial charge in [0.1, 0.15) is 5.60 Å². The molecule has 0 aromatic rings. The Bertz CT molecular complexity index is 174. The third-order valence-corrected chi connectivity index (χ3v) is 2.14. The highest BCUT2D eigenvalue weighted by Crippen LogP contribution is 2.36. The van der Waals surface area contributed by atoms with E-state index in [2.05, 4.69) is 6.58 Å². The summed E-state index contributed by atoms with van der Waals surface area (Å²) in [6, 6.07) is 0. The molecule has 0 aliphatic carbocycles. The SMILES string of the molecule is C=C[C@@]1(C)OC(C)(C)OC1C. The standard InChI is InChI=1S/C9H16O2/c1-6-9(5)7(2)10-8(3,4)11-9/h6-7H,1H2,2-5H3/t7?,9-/m1/s1. The summed E-state index contributed by atoms with van der Waals surface area (Å²) < 4.78 is 11.2. The Balaban J connectivity index is 2.81. The third kappa shape index (κ3) is 1.47. The lowest BCUT2D eigenvalue weighted by Crippen LogP contribution is -2.32. The third-order valence-electron chi connectivity index (χ3n) is 2.14. The first-order chi connectivity index (χ1) is 4.90. The van der Waals surface area contributed by atoms with Gasteiger partial charge in [0.05, 0.1) is 6.10 Å². The Morgan fingerprint density at radius 3 is 2.09 bits per heavy atom. The van der Waals surface area contributed by atoms with Crippen LogP contribution in [0.3, 0.4) is 0 Å². The Kier molecular flexibility index (Phi) is 1.85. The lowest BCUT2D eigenvalue weighted by Gasteiger charge is -2.22. The molecule has 0 saturated carbocycles. The predicted molar refractivity (Wildman–Crippen MR) is 44.3 cm³/mol. The molecule has 0 aromatic carbocycles. The molecule has 1 fully saturated rings. The minimum Gasteiger partial charge on any atom is -0.344 e. The van der Waals surface area contributed by atoms with Crippen LogP contribution in [0.5, 0.6) is 0 Å². The fourth-order valence-electron chi connectivity index (χ4n) is 1.39. The molecule has 0 radical (unpaired) electrons. The van der Waals surface area contributed by atoms with E-state index in [-0.39, 0.29) is 11.7 Å². The maximum Gasteiger partial charge on any atom is 0.164 e. The molecule has 1 aliphatic heterocycles. The topological polar surface area (TPSA) is 18.5 Å². The Morgan fingerprint density at radius 1 is 1.36 bits per heavy atom. The Labute approximate surface area is 68.2 Å². The van der Waals surface area contributed by atoms with Crippen LogP contribution in [0.1, 0.15) is 27.7 Å². The van der Waals surface area contributed by atoms with Crippen molar-refractivity contribution in [3.63, 3.8) is 0 Å². The molecule has 64 valence electrons. The van der Waals surface area contributed by atoms with Crippen LogP contribution in [0.4, 0.5) is 0 Å². The highest BCUT2D eigenvalue weighted by atomic mass is 16.8. The highest BCUT2D eigenvalue weighted by Gasteiger charge is 2.45. The first-order valence-electron chi connectivity index (χ1n) is 3.91. The van der Waals surface area contributed by atoms with E-state index in [1.54, 1.807) is 6.08 Å². The molecule has 2 atom stereocenters. The quantitative estimate of drug-likeness (QED) is 0.541. The van der Waals surface area contributed by atoms with Crippen molar-refractivity contribution in [3.05, 3.63) is 12.7 Å². The second-order valence-corrected chi connectivity index (χ2v) is 3.65. The van der Waals surface area contributed by atoms with E-state index < -0.39 is 5.79 Å². The lowest BCUT2D eigenvalue weighted by atomic mass is 10.0. The molecule has 0 spiro atoms. The largest absolute Gasteiger partial charge is 0.344 e. The van der Waals surface area contributed by atoms with Crippen LogP contribution in [0.15, 0.2) is 12.7 Å². The summed E-state index contributed by atoms with van der Waals surface area (Å²) in [7, 11) is 0. The maximum atomic E-state index is 5.66. The van der Waals surface area contributed by atoms with Gasteiger partial charge in [-0.15, -0.1) is 6.58 Å². The maximum absolute atomic E-state index is 5.66. The molecule has 1 rings (SSSR count). The van der Waals surface area contributed by atoms with Crippen molar-refractivity contribution in [3.8, 4) is 0 Å². The van der Waals surface area contributed by atoms with Crippen LogP contribution in [-0.2, 0) is 9.47 Å². The van der Waals surface area contributed by atoms with E-state index in [1.807, 2.05) is 27.7 Å². The van der Waals surface area contributed by atoms with Gasteiger partial charge in [-0.25, -0.2) is 0 Å². The minimum absolute atomic E-state index is 0.0787. The number of rotatable bonds is 1. The van der Waals surface area contributed by atoms with Gasteiger partial charge >= 0.3 is 0 Å². The Morgan fingerprint density at radius 2 is 1.91 bits per heavy atom. The molecule has 0 N–H and O–H groups in total. The van der Waals surface area contributed by atoms with Crippen LogP contribution in [0.25, 0.3) is 0 Å². The van der Waals surface area contributed by atoms with Gasteiger partial charge in [0.15, 0.2) is 5.79 Å². The molecule has 0 amide bonds. The normalized spacial score (nSPS) is 42.4. The van der Waals surface area contributed by atoms with Crippen molar-refractivity contribution in [1.29, 1.82) is 0 Å². The van der Waals surface area contributed by atoms with E-state index in [1.165, 1.54) is 0 Å². The van der Waals surface area contributed by atoms with Gasteiger partial charge in [-0.3, -0.25) is 0 Å². The van der Waals surface area contributed by atoms with E-state index in [9.17, 15) is 0 Å².